The third kappa shape index (κ3) is 3.76. The van der Waals surface area contributed by atoms with Gasteiger partial charge in [-0.2, -0.15) is 0 Å². The minimum absolute atomic E-state index is 0.557. The molecule has 1 saturated carbocycles. The van der Waals surface area contributed by atoms with Crippen molar-refractivity contribution in [1.82, 2.24) is 5.32 Å². The average molecular weight is 275 g/mol. The first kappa shape index (κ1) is 15.4. The summed E-state index contributed by atoms with van der Waals surface area (Å²) in [6.07, 6.45) is 5.19. The number of aryl methyl sites for hydroxylation is 1. The minimum Gasteiger partial charge on any atom is -0.493 e. The number of ether oxygens (including phenoxy) is 1. The van der Waals surface area contributed by atoms with Crippen molar-refractivity contribution in [1.29, 1.82) is 0 Å². The molecule has 0 aliphatic heterocycles. The van der Waals surface area contributed by atoms with Crippen LogP contribution in [-0.2, 0) is 0 Å². The molecule has 0 bridgehead atoms. The molecule has 1 aliphatic carbocycles. The molecule has 2 atom stereocenters. The lowest BCUT2D eigenvalue weighted by Crippen LogP contribution is -2.29. The van der Waals surface area contributed by atoms with Crippen molar-refractivity contribution in [2.75, 3.05) is 13.7 Å². The van der Waals surface area contributed by atoms with Crippen molar-refractivity contribution in [3.8, 4) is 5.75 Å². The van der Waals surface area contributed by atoms with Gasteiger partial charge in [0.05, 0.1) is 6.61 Å². The van der Waals surface area contributed by atoms with E-state index in [1.807, 2.05) is 0 Å². The maximum Gasteiger partial charge on any atom is 0.122 e. The van der Waals surface area contributed by atoms with Crippen LogP contribution >= 0.6 is 0 Å². The van der Waals surface area contributed by atoms with Crippen LogP contribution in [0.3, 0.4) is 0 Å². The molecule has 2 heteroatoms. The molecule has 0 heterocycles. The number of nitrogens with one attached hydrogen (secondary N) is 1. The van der Waals surface area contributed by atoms with Crippen molar-refractivity contribution >= 4 is 0 Å². The van der Waals surface area contributed by atoms with Gasteiger partial charge < -0.3 is 10.1 Å². The third-order valence-corrected chi connectivity index (χ3v) is 4.65. The summed E-state index contributed by atoms with van der Waals surface area (Å²) in [5.41, 5.74) is 2.60. The summed E-state index contributed by atoms with van der Waals surface area (Å²) in [7, 11) is 2.08. The van der Waals surface area contributed by atoms with E-state index in [4.69, 9.17) is 4.74 Å². The lowest BCUT2D eigenvalue weighted by Gasteiger charge is -2.19. The molecule has 1 aromatic carbocycles. The molecule has 1 N–H and O–H groups in total. The van der Waals surface area contributed by atoms with Crippen molar-refractivity contribution < 1.29 is 4.74 Å². The Labute approximate surface area is 123 Å². The van der Waals surface area contributed by atoms with E-state index in [9.17, 15) is 0 Å². The van der Waals surface area contributed by atoms with E-state index in [1.165, 1.54) is 30.4 Å². The van der Waals surface area contributed by atoms with Gasteiger partial charge in [0.15, 0.2) is 0 Å². The highest BCUT2D eigenvalue weighted by Crippen LogP contribution is 2.29. The smallest absolute Gasteiger partial charge is 0.122 e. The van der Waals surface area contributed by atoms with Gasteiger partial charge in [-0.15, -0.1) is 0 Å². The van der Waals surface area contributed by atoms with Crippen LogP contribution < -0.4 is 10.1 Å². The molecule has 0 aromatic heterocycles. The first-order valence-electron chi connectivity index (χ1n) is 8.02. The lowest BCUT2D eigenvalue weighted by atomic mass is 10.00. The molecule has 2 nitrogen and oxygen atoms in total. The number of benzene rings is 1. The van der Waals surface area contributed by atoms with Crippen LogP contribution in [0.5, 0.6) is 5.75 Å². The summed E-state index contributed by atoms with van der Waals surface area (Å²) in [5.74, 6) is 2.41. The van der Waals surface area contributed by atoms with Crippen molar-refractivity contribution in [3.05, 3.63) is 29.3 Å². The van der Waals surface area contributed by atoms with E-state index in [0.717, 1.165) is 24.7 Å². The second kappa shape index (κ2) is 7.12. The van der Waals surface area contributed by atoms with Crippen molar-refractivity contribution in [2.24, 2.45) is 5.92 Å². The SMILES string of the molecule is CNC1CCCC1CCOc1cc(C(C)C)ccc1C. The number of rotatable bonds is 6. The summed E-state index contributed by atoms with van der Waals surface area (Å²) in [6, 6.07) is 7.29. The minimum atomic E-state index is 0.557. The first-order chi connectivity index (χ1) is 9.61. The predicted octanol–water partition coefficient (Wildman–Crippen LogP) is 4.28. The van der Waals surface area contributed by atoms with Crippen LogP contribution in [0.4, 0.5) is 0 Å². The second-order valence-corrected chi connectivity index (χ2v) is 6.40. The molecule has 112 valence electrons. The molecule has 1 aromatic rings. The molecular formula is C18H29NO. The fourth-order valence-electron chi connectivity index (χ4n) is 3.21. The molecule has 1 fully saturated rings. The molecule has 0 saturated heterocycles. The highest BCUT2D eigenvalue weighted by atomic mass is 16.5. The normalized spacial score (nSPS) is 22.4. The summed E-state index contributed by atoms with van der Waals surface area (Å²) in [6.45, 7) is 7.42. The van der Waals surface area contributed by atoms with Crippen LogP contribution in [0.2, 0.25) is 0 Å². The van der Waals surface area contributed by atoms with Gasteiger partial charge in [-0.3, -0.25) is 0 Å². The molecule has 0 spiro atoms. The van der Waals surface area contributed by atoms with Gasteiger partial charge in [0, 0.05) is 6.04 Å². The molecule has 0 amide bonds. The summed E-state index contributed by atoms with van der Waals surface area (Å²) in [4.78, 5) is 0. The van der Waals surface area contributed by atoms with Crippen molar-refractivity contribution in [2.45, 2.75) is 58.4 Å². The van der Waals surface area contributed by atoms with Crippen LogP contribution in [0.15, 0.2) is 18.2 Å². The maximum absolute atomic E-state index is 6.05. The Balaban J connectivity index is 1.89. The molecule has 2 rings (SSSR count). The predicted molar refractivity (Wildman–Crippen MR) is 85.6 cm³/mol. The maximum atomic E-state index is 6.05. The van der Waals surface area contributed by atoms with E-state index < -0.39 is 0 Å². The molecule has 1 aliphatic rings. The summed E-state index contributed by atoms with van der Waals surface area (Å²) in [5, 5.41) is 3.44. The van der Waals surface area contributed by atoms with Crippen molar-refractivity contribution in [3.63, 3.8) is 0 Å². The highest BCUT2D eigenvalue weighted by Gasteiger charge is 2.25. The Morgan fingerprint density at radius 1 is 1.30 bits per heavy atom. The zero-order chi connectivity index (χ0) is 14.5. The Kier molecular flexibility index (Phi) is 5.47. The largest absolute Gasteiger partial charge is 0.493 e. The van der Waals surface area contributed by atoms with Crippen LogP contribution in [0.1, 0.15) is 56.6 Å². The second-order valence-electron chi connectivity index (χ2n) is 6.40. The topological polar surface area (TPSA) is 21.3 Å². The van der Waals surface area contributed by atoms with Crippen LogP contribution in [0.25, 0.3) is 0 Å². The molecule has 2 unspecified atom stereocenters. The van der Waals surface area contributed by atoms with E-state index in [1.54, 1.807) is 0 Å². The molecule has 20 heavy (non-hydrogen) atoms. The van der Waals surface area contributed by atoms with Gasteiger partial charge >= 0.3 is 0 Å². The monoisotopic (exact) mass is 275 g/mol. The first-order valence-corrected chi connectivity index (χ1v) is 8.02. The van der Waals surface area contributed by atoms with Gasteiger partial charge in [-0.25, -0.2) is 0 Å². The van der Waals surface area contributed by atoms with Crippen LogP contribution in [0, 0.1) is 12.8 Å². The van der Waals surface area contributed by atoms with Gasteiger partial charge in [-0.1, -0.05) is 32.4 Å². The van der Waals surface area contributed by atoms with E-state index >= 15 is 0 Å². The van der Waals surface area contributed by atoms with E-state index in [-0.39, 0.29) is 0 Å². The summed E-state index contributed by atoms with van der Waals surface area (Å²) >= 11 is 0. The highest BCUT2D eigenvalue weighted by molar-refractivity contribution is 5.37. The third-order valence-electron chi connectivity index (χ3n) is 4.65. The Morgan fingerprint density at radius 2 is 2.10 bits per heavy atom. The molecular weight excluding hydrogens is 246 g/mol. The Morgan fingerprint density at radius 3 is 2.80 bits per heavy atom. The fourth-order valence-corrected chi connectivity index (χ4v) is 3.21. The van der Waals surface area contributed by atoms with Gasteiger partial charge in [0.1, 0.15) is 5.75 Å². The number of hydrogen-bond donors (Lipinski definition) is 1. The quantitative estimate of drug-likeness (QED) is 0.837. The molecule has 0 radical (unpaired) electrons. The van der Waals surface area contributed by atoms with Gasteiger partial charge in [0.25, 0.3) is 0 Å². The van der Waals surface area contributed by atoms with E-state index in [2.05, 4.69) is 51.3 Å². The average Bonchev–Trinajstić information content (AvgIpc) is 2.88. The van der Waals surface area contributed by atoms with Crippen LogP contribution in [-0.4, -0.2) is 19.7 Å². The zero-order valence-electron chi connectivity index (χ0n) is 13.4. The fraction of sp³-hybridized carbons (Fsp3) is 0.667. The standard InChI is InChI=1S/C18H29NO/c1-13(2)16-9-8-14(3)18(12-16)20-11-10-15-6-5-7-17(15)19-4/h8-9,12-13,15,17,19H,5-7,10-11H2,1-4H3. The zero-order valence-corrected chi connectivity index (χ0v) is 13.4. The lowest BCUT2D eigenvalue weighted by molar-refractivity contribution is 0.262. The van der Waals surface area contributed by atoms with Gasteiger partial charge in [-0.05, 0) is 62.3 Å². The Hall–Kier alpha value is -1.02. The Bertz CT molecular complexity index is 427. The number of hydrogen-bond acceptors (Lipinski definition) is 2. The summed E-state index contributed by atoms with van der Waals surface area (Å²) < 4.78 is 6.05. The van der Waals surface area contributed by atoms with E-state index in [0.29, 0.717) is 12.0 Å². The van der Waals surface area contributed by atoms with Gasteiger partial charge in [0.2, 0.25) is 0 Å².